The topological polar surface area (TPSA) is 96.0 Å². The molecule has 0 spiro atoms. The number of ether oxygens (including phenoxy) is 1. The third kappa shape index (κ3) is 3.97. The van der Waals surface area contributed by atoms with E-state index < -0.39 is 36.1 Å². The highest BCUT2D eigenvalue weighted by Crippen LogP contribution is 2.25. The summed E-state index contributed by atoms with van der Waals surface area (Å²) in [6.07, 6.45) is 0.632. The third-order valence-electron chi connectivity index (χ3n) is 5.84. The van der Waals surface area contributed by atoms with Gasteiger partial charge in [-0.05, 0) is 37.3 Å². The van der Waals surface area contributed by atoms with E-state index in [1.165, 1.54) is 12.5 Å². The summed E-state index contributed by atoms with van der Waals surface area (Å²) in [6.45, 7) is 5.64. The number of nitrogens with one attached hydrogen (secondary N) is 1. The van der Waals surface area contributed by atoms with Crippen molar-refractivity contribution in [2.45, 2.75) is 58.2 Å². The van der Waals surface area contributed by atoms with Gasteiger partial charge in [0.1, 0.15) is 12.1 Å². The minimum Gasteiger partial charge on any atom is -0.451 e. The lowest BCUT2D eigenvalue weighted by Gasteiger charge is -2.30. The standard InChI is InChI=1S/C21H27N3O5/c1-4-21(5-2)19(27)24(20(28)22-21)13-17(25)29-14(3)18(26)23-11-10-15-8-6-7-9-16(15)12-23/h6-9,14H,4-5,10-13H2,1-3H3,(H,22,28)/t14-/m0/s1. The largest absolute Gasteiger partial charge is 0.451 e. The molecule has 0 aromatic heterocycles. The Balaban J connectivity index is 1.58. The summed E-state index contributed by atoms with van der Waals surface area (Å²) in [5.74, 6) is -1.51. The van der Waals surface area contributed by atoms with Crippen LogP contribution in [0.15, 0.2) is 24.3 Å². The van der Waals surface area contributed by atoms with Crippen LogP contribution in [0.1, 0.15) is 44.7 Å². The molecule has 156 valence electrons. The molecule has 1 atom stereocenters. The Labute approximate surface area is 170 Å². The number of carbonyl (C=O) groups is 4. The number of nitrogens with zero attached hydrogens (tertiary/aromatic N) is 2. The summed E-state index contributed by atoms with van der Waals surface area (Å²) in [6, 6.07) is 7.33. The quantitative estimate of drug-likeness (QED) is 0.577. The molecule has 8 heteroatoms. The Hall–Kier alpha value is -2.90. The van der Waals surface area contributed by atoms with Crippen LogP contribution >= 0.6 is 0 Å². The van der Waals surface area contributed by atoms with Crippen LogP contribution in [-0.2, 0) is 32.1 Å². The normalized spacial score (nSPS) is 18.9. The van der Waals surface area contributed by atoms with Gasteiger partial charge in [-0.1, -0.05) is 38.1 Å². The van der Waals surface area contributed by atoms with E-state index in [4.69, 9.17) is 4.74 Å². The van der Waals surface area contributed by atoms with E-state index in [1.807, 2.05) is 24.3 Å². The lowest BCUT2D eigenvalue weighted by Crippen LogP contribution is -2.46. The Bertz CT molecular complexity index is 833. The first-order valence-electron chi connectivity index (χ1n) is 10.0. The van der Waals surface area contributed by atoms with Crippen LogP contribution in [0, 0.1) is 0 Å². The molecular formula is C21H27N3O5. The van der Waals surface area contributed by atoms with Crippen LogP contribution < -0.4 is 5.32 Å². The second kappa shape index (κ2) is 8.23. The molecule has 0 saturated carbocycles. The zero-order valence-electron chi connectivity index (χ0n) is 17.1. The van der Waals surface area contributed by atoms with Gasteiger partial charge in [-0.25, -0.2) is 4.79 Å². The van der Waals surface area contributed by atoms with Crippen molar-refractivity contribution in [3.63, 3.8) is 0 Å². The summed E-state index contributed by atoms with van der Waals surface area (Å²) >= 11 is 0. The van der Waals surface area contributed by atoms with Crippen LogP contribution in [-0.4, -0.2) is 58.3 Å². The summed E-state index contributed by atoms with van der Waals surface area (Å²) in [4.78, 5) is 52.3. The lowest BCUT2D eigenvalue weighted by molar-refractivity contribution is -0.160. The van der Waals surface area contributed by atoms with Crippen LogP contribution in [0.25, 0.3) is 0 Å². The zero-order valence-corrected chi connectivity index (χ0v) is 17.1. The summed E-state index contributed by atoms with van der Waals surface area (Å²) in [5, 5.41) is 2.66. The van der Waals surface area contributed by atoms with E-state index in [2.05, 4.69) is 5.32 Å². The molecule has 29 heavy (non-hydrogen) atoms. The van der Waals surface area contributed by atoms with Crippen molar-refractivity contribution < 1.29 is 23.9 Å². The Morgan fingerprint density at radius 1 is 1.17 bits per heavy atom. The molecule has 4 amide bonds. The molecular weight excluding hydrogens is 374 g/mol. The number of hydrogen-bond donors (Lipinski definition) is 1. The fourth-order valence-electron chi connectivity index (χ4n) is 3.90. The molecule has 2 aliphatic rings. The predicted octanol–water partition coefficient (Wildman–Crippen LogP) is 1.61. The van der Waals surface area contributed by atoms with Crippen LogP contribution in [0.2, 0.25) is 0 Å². The predicted molar refractivity (Wildman–Crippen MR) is 105 cm³/mol. The van der Waals surface area contributed by atoms with E-state index >= 15 is 0 Å². The number of rotatable bonds is 6. The van der Waals surface area contributed by atoms with Crippen molar-refractivity contribution in [3.05, 3.63) is 35.4 Å². The Morgan fingerprint density at radius 3 is 2.45 bits per heavy atom. The molecule has 8 nitrogen and oxygen atoms in total. The summed E-state index contributed by atoms with van der Waals surface area (Å²) < 4.78 is 5.24. The lowest BCUT2D eigenvalue weighted by atomic mass is 9.93. The SMILES string of the molecule is CCC1(CC)NC(=O)N(CC(=O)O[C@@H](C)C(=O)N2CCc3ccccc3C2)C1=O. The van der Waals surface area contributed by atoms with E-state index in [0.29, 0.717) is 25.9 Å². The molecule has 0 bridgehead atoms. The van der Waals surface area contributed by atoms with Gasteiger partial charge in [0, 0.05) is 13.1 Å². The zero-order chi connectivity index (χ0) is 21.2. The minimum atomic E-state index is -0.990. The average molecular weight is 401 g/mol. The molecule has 0 unspecified atom stereocenters. The maximum absolute atomic E-state index is 12.7. The van der Waals surface area contributed by atoms with Crippen LogP contribution in [0.4, 0.5) is 4.79 Å². The molecule has 1 N–H and O–H groups in total. The maximum Gasteiger partial charge on any atom is 0.327 e. The van der Waals surface area contributed by atoms with Gasteiger partial charge in [-0.2, -0.15) is 0 Å². The van der Waals surface area contributed by atoms with Crippen molar-refractivity contribution >= 4 is 23.8 Å². The van der Waals surface area contributed by atoms with E-state index in [-0.39, 0.29) is 5.91 Å². The van der Waals surface area contributed by atoms with Crippen molar-refractivity contribution in [1.82, 2.24) is 15.1 Å². The van der Waals surface area contributed by atoms with Crippen LogP contribution in [0.5, 0.6) is 0 Å². The van der Waals surface area contributed by atoms with Gasteiger partial charge in [-0.15, -0.1) is 0 Å². The molecule has 0 radical (unpaired) electrons. The summed E-state index contributed by atoms with van der Waals surface area (Å²) in [7, 11) is 0. The van der Waals surface area contributed by atoms with Crippen molar-refractivity contribution in [2.24, 2.45) is 0 Å². The number of carbonyl (C=O) groups excluding carboxylic acids is 4. The smallest absolute Gasteiger partial charge is 0.327 e. The van der Waals surface area contributed by atoms with Crippen molar-refractivity contribution in [2.75, 3.05) is 13.1 Å². The fraction of sp³-hybridized carbons (Fsp3) is 0.524. The van der Waals surface area contributed by atoms with E-state index in [1.54, 1.807) is 18.7 Å². The number of esters is 1. The monoisotopic (exact) mass is 401 g/mol. The molecule has 1 aromatic carbocycles. The average Bonchev–Trinajstić information content (AvgIpc) is 2.97. The second-order valence-corrected chi connectivity index (χ2v) is 7.52. The molecule has 0 aliphatic carbocycles. The number of amides is 4. The maximum atomic E-state index is 12.7. The first-order chi connectivity index (χ1) is 13.8. The minimum absolute atomic E-state index is 0.290. The Morgan fingerprint density at radius 2 is 1.83 bits per heavy atom. The van der Waals surface area contributed by atoms with E-state index in [9.17, 15) is 19.2 Å². The molecule has 2 heterocycles. The highest BCUT2D eigenvalue weighted by molar-refractivity contribution is 6.08. The number of urea groups is 1. The van der Waals surface area contributed by atoms with Gasteiger partial charge < -0.3 is 15.0 Å². The number of hydrogen-bond acceptors (Lipinski definition) is 5. The van der Waals surface area contributed by atoms with Gasteiger partial charge in [0.25, 0.3) is 11.8 Å². The molecule has 2 aliphatic heterocycles. The van der Waals surface area contributed by atoms with Crippen molar-refractivity contribution in [1.29, 1.82) is 0 Å². The highest BCUT2D eigenvalue weighted by Gasteiger charge is 2.49. The first-order valence-corrected chi connectivity index (χ1v) is 10.0. The molecule has 1 saturated heterocycles. The van der Waals surface area contributed by atoms with Gasteiger partial charge in [0.15, 0.2) is 6.10 Å². The van der Waals surface area contributed by atoms with Crippen LogP contribution in [0.3, 0.4) is 0 Å². The van der Waals surface area contributed by atoms with Gasteiger partial charge in [-0.3, -0.25) is 19.3 Å². The molecule has 3 rings (SSSR count). The Kier molecular flexibility index (Phi) is 5.91. The van der Waals surface area contributed by atoms with Crippen molar-refractivity contribution in [3.8, 4) is 0 Å². The molecule has 1 fully saturated rings. The fourth-order valence-corrected chi connectivity index (χ4v) is 3.90. The second-order valence-electron chi connectivity index (χ2n) is 7.52. The molecule has 1 aromatic rings. The van der Waals surface area contributed by atoms with Gasteiger partial charge in [0.05, 0.1) is 0 Å². The van der Waals surface area contributed by atoms with E-state index in [0.717, 1.165) is 16.9 Å². The first kappa shape index (κ1) is 20.8. The summed E-state index contributed by atoms with van der Waals surface area (Å²) in [5.41, 5.74) is 1.33. The number of fused-ring (bicyclic) bond motifs is 1. The third-order valence-corrected chi connectivity index (χ3v) is 5.84. The van der Waals surface area contributed by atoms with Gasteiger partial charge in [0.2, 0.25) is 0 Å². The highest BCUT2D eigenvalue weighted by atomic mass is 16.5. The number of imide groups is 1. The van der Waals surface area contributed by atoms with Gasteiger partial charge >= 0.3 is 12.0 Å². The number of benzene rings is 1.